The lowest BCUT2D eigenvalue weighted by Crippen LogP contribution is -2.56. The molecule has 1 aliphatic heterocycles. The van der Waals surface area contributed by atoms with E-state index in [4.69, 9.17) is 37.6 Å². The third kappa shape index (κ3) is 21.8. The van der Waals surface area contributed by atoms with E-state index < -0.39 is 78.3 Å². The zero-order valence-corrected chi connectivity index (χ0v) is 28.3. The van der Waals surface area contributed by atoms with E-state index in [2.05, 4.69) is 36.9 Å². The van der Waals surface area contributed by atoms with Gasteiger partial charge in [-0.1, -0.05) is 0 Å². The second kappa shape index (κ2) is 25.2. The number of carboxylic acid groups (broad SMARTS) is 1. The highest BCUT2D eigenvalue weighted by Crippen LogP contribution is 2.13. The zero-order valence-electron chi connectivity index (χ0n) is 28.3. The summed E-state index contributed by atoms with van der Waals surface area (Å²) in [5.41, 5.74) is 22.1. The second-order valence-corrected chi connectivity index (χ2v) is 11.1. The van der Waals surface area contributed by atoms with Crippen LogP contribution in [0.5, 0.6) is 0 Å². The Kier molecular flexibility index (Phi) is 22.9. The molecule has 0 aromatic carbocycles. The van der Waals surface area contributed by atoms with Crippen molar-refractivity contribution in [3.8, 4) is 0 Å². The van der Waals surface area contributed by atoms with Crippen molar-refractivity contribution in [3.05, 3.63) is 0 Å². The van der Waals surface area contributed by atoms with Gasteiger partial charge in [0.25, 0.3) is 0 Å². The molecule has 51 heavy (non-hydrogen) atoms. The molecule has 4 atom stereocenters. The van der Waals surface area contributed by atoms with Crippen molar-refractivity contribution < 1.29 is 56.6 Å². The van der Waals surface area contributed by atoms with Crippen LogP contribution in [0.3, 0.4) is 0 Å². The molecular weight excluding hydrogens is 691 g/mol. The van der Waals surface area contributed by atoms with Gasteiger partial charge >= 0.3 is 12.1 Å². The average Bonchev–Trinajstić information content (AvgIpc) is 3.04. The third-order valence-corrected chi connectivity index (χ3v) is 6.76. The van der Waals surface area contributed by atoms with Gasteiger partial charge in [-0.15, -0.1) is 0 Å². The number of guanidine groups is 1. The number of nitrogens with one attached hydrogen (secondary N) is 6. The summed E-state index contributed by atoms with van der Waals surface area (Å²) in [6, 6.07) is -4.01. The number of aliphatic imine (C=N–C) groups is 1. The van der Waals surface area contributed by atoms with E-state index in [0.717, 1.165) is 0 Å². The molecule has 1 saturated heterocycles. The molecule has 1 aliphatic rings. The summed E-state index contributed by atoms with van der Waals surface area (Å²) in [6.45, 7) is 1.52. The van der Waals surface area contributed by atoms with Crippen molar-refractivity contribution >= 4 is 47.4 Å². The molecule has 20 nitrogen and oxygen atoms in total. The topological polar surface area (TPSA) is 338 Å². The monoisotopic (exact) mass is 741 g/mol. The fourth-order valence-electron chi connectivity index (χ4n) is 4.08. The third-order valence-electron chi connectivity index (χ3n) is 6.76. The SMILES string of the molecule is C[C@H]1NC(=O)CCNC(=O)CNC(=O)[C@H](N=C(N)N)CCOCNC(=O)[C@H](CCCCN)NC(=O)[C@H](CCCCN)NC1=O.O=C(O)C(F)(F)F. The van der Waals surface area contributed by atoms with Crippen molar-refractivity contribution in [3.63, 3.8) is 0 Å². The van der Waals surface area contributed by atoms with Crippen LogP contribution in [0.25, 0.3) is 0 Å². The Bertz CT molecular complexity index is 1190. The first-order valence-corrected chi connectivity index (χ1v) is 16.0. The van der Waals surface area contributed by atoms with Gasteiger partial charge < -0.3 is 64.7 Å². The molecule has 0 bridgehead atoms. The number of carbonyl (C=O) groups excluding carboxylic acids is 6. The van der Waals surface area contributed by atoms with Crippen LogP contribution in [-0.2, 0) is 38.3 Å². The first-order chi connectivity index (χ1) is 23.9. The van der Waals surface area contributed by atoms with Gasteiger partial charge in [0.2, 0.25) is 35.4 Å². The number of halogens is 3. The average molecular weight is 742 g/mol. The molecule has 0 radical (unpaired) electrons. The number of alkyl halides is 3. The lowest BCUT2D eigenvalue weighted by molar-refractivity contribution is -0.192. The predicted molar refractivity (Wildman–Crippen MR) is 175 cm³/mol. The summed E-state index contributed by atoms with van der Waals surface area (Å²) in [7, 11) is 0. The highest BCUT2D eigenvalue weighted by Gasteiger charge is 2.38. The Balaban J connectivity index is 0.00000321. The lowest BCUT2D eigenvalue weighted by Gasteiger charge is -2.24. The minimum atomic E-state index is -5.08. The van der Waals surface area contributed by atoms with Gasteiger partial charge in [-0.25, -0.2) is 9.79 Å². The minimum Gasteiger partial charge on any atom is -0.475 e. The number of carboxylic acids is 1. The molecule has 0 aromatic rings. The number of hydrogen-bond donors (Lipinski definition) is 11. The highest BCUT2D eigenvalue weighted by atomic mass is 19.4. The molecule has 15 N–H and O–H groups in total. The number of rotatable bonds is 9. The Morgan fingerprint density at radius 3 is 1.90 bits per heavy atom. The first-order valence-electron chi connectivity index (χ1n) is 16.0. The molecule has 23 heteroatoms. The van der Waals surface area contributed by atoms with Crippen molar-refractivity contribution in [2.75, 3.05) is 39.5 Å². The Labute approximate surface area is 292 Å². The van der Waals surface area contributed by atoms with Gasteiger partial charge in [0.15, 0.2) is 5.96 Å². The van der Waals surface area contributed by atoms with Crippen molar-refractivity contribution in [2.45, 2.75) is 88.6 Å². The molecule has 292 valence electrons. The van der Waals surface area contributed by atoms with Crippen LogP contribution in [0.2, 0.25) is 0 Å². The summed E-state index contributed by atoms with van der Waals surface area (Å²) in [4.78, 5) is 89.0. The maximum Gasteiger partial charge on any atom is 0.490 e. The van der Waals surface area contributed by atoms with E-state index in [1.54, 1.807) is 0 Å². The summed E-state index contributed by atoms with van der Waals surface area (Å²) < 4.78 is 37.2. The van der Waals surface area contributed by atoms with Gasteiger partial charge in [-0.05, 0) is 58.5 Å². The van der Waals surface area contributed by atoms with Crippen LogP contribution in [0.1, 0.15) is 58.3 Å². The maximum atomic E-state index is 13.3. The van der Waals surface area contributed by atoms with Crippen molar-refractivity contribution in [1.29, 1.82) is 0 Å². The molecule has 0 spiro atoms. The van der Waals surface area contributed by atoms with Gasteiger partial charge in [-0.2, -0.15) is 13.2 Å². The van der Waals surface area contributed by atoms with E-state index in [1.807, 2.05) is 0 Å². The number of unbranched alkanes of at least 4 members (excludes halogenated alkanes) is 2. The van der Waals surface area contributed by atoms with Gasteiger partial charge in [0.05, 0.1) is 13.2 Å². The minimum absolute atomic E-state index is 0.0282. The van der Waals surface area contributed by atoms with Crippen LogP contribution in [-0.4, -0.2) is 122 Å². The van der Waals surface area contributed by atoms with E-state index in [9.17, 15) is 41.9 Å². The van der Waals surface area contributed by atoms with Crippen LogP contribution in [0.4, 0.5) is 13.2 Å². The number of amides is 6. The number of aliphatic carboxylic acids is 1. The molecule has 0 saturated carbocycles. The van der Waals surface area contributed by atoms with Gasteiger partial charge in [0, 0.05) is 19.4 Å². The quantitative estimate of drug-likeness (QED) is 0.0613. The number of nitrogens with zero attached hydrogens (tertiary/aromatic N) is 1. The number of nitrogens with two attached hydrogens (primary N) is 4. The first kappa shape index (κ1) is 46.2. The van der Waals surface area contributed by atoms with E-state index >= 15 is 0 Å². The van der Waals surface area contributed by atoms with Gasteiger partial charge in [-0.3, -0.25) is 28.8 Å². The standard InChI is InChI=1S/C26H49N11O7.C2HF3O2/c1-16-22(40)35-18(7-3-5-11-28)25(43)36-17(6-2-4-10-27)24(42)33-15-44-13-9-19(37-26(29)30)23(41)32-14-21(39)31-12-8-20(38)34-16;3-2(4,5)1(6)7/h16-19H,2-15,27-28H2,1H3,(H,31,39)(H,32,41)(H,33,42)(H,34,38)(H,35,40)(H,36,43)(H4,29,30,37);(H,6,7)/t16-,17+,18+,19-;/m1./s1. The van der Waals surface area contributed by atoms with E-state index in [1.165, 1.54) is 6.92 Å². The number of carbonyl (C=O) groups is 7. The van der Waals surface area contributed by atoms with Crippen molar-refractivity contribution in [1.82, 2.24) is 31.9 Å². The predicted octanol–water partition coefficient (Wildman–Crippen LogP) is -3.89. The fourth-order valence-corrected chi connectivity index (χ4v) is 4.08. The second-order valence-electron chi connectivity index (χ2n) is 11.1. The maximum absolute atomic E-state index is 13.3. The smallest absolute Gasteiger partial charge is 0.475 e. The van der Waals surface area contributed by atoms with E-state index in [0.29, 0.717) is 38.8 Å². The molecule has 1 fully saturated rings. The Hall–Kier alpha value is -4.77. The molecule has 0 aromatic heterocycles. The molecular formula is C28H50F3N11O9. The van der Waals surface area contributed by atoms with Crippen LogP contribution in [0.15, 0.2) is 4.99 Å². The largest absolute Gasteiger partial charge is 0.490 e. The van der Waals surface area contributed by atoms with Crippen LogP contribution < -0.4 is 54.8 Å². The summed E-state index contributed by atoms with van der Waals surface area (Å²) in [5, 5.41) is 22.5. The molecule has 0 aliphatic carbocycles. The normalized spacial score (nSPS) is 22.3. The fraction of sp³-hybridized carbons (Fsp3) is 0.714. The molecule has 1 heterocycles. The molecule has 1 rings (SSSR count). The highest BCUT2D eigenvalue weighted by molar-refractivity contribution is 5.94. The zero-order chi connectivity index (χ0) is 39.0. The summed E-state index contributed by atoms with van der Waals surface area (Å²) in [6.07, 6.45) is -2.34. The lowest BCUT2D eigenvalue weighted by atomic mass is 10.0. The summed E-state index contributed by atoms with van der Waals surface area (Å²) >= 11 is 0. The van der Waals surface area contributed by atoms with Gasteiger partial charge in [0.1, 0.15) is 30.9 Å². The van der Waals surface area contributed by atoms with E-state index in [-0.39, 0.29) is 51.5 Å². The van der Waals surface area contributed by atoms with Crippen LogP contribution in [0, 0.1) is 0 Å². The number of hydrogen-bond acceptors (Lipinski definition) is 11. The van der Waals surface area contributed by atoms with Crippen LogP contribution >= 0.6 is 0 Å². The summed E-state index contributed by atoms with van der Waals surface area (Å²) in [5.74, 6) is -6.53. The van der Waals surface area contributed by atoms with Crippen molar-refractivity contribution in [2.24, 2.45) is 27.9 Å². The molecule has 6 amide bonds. The molecule has 0 unspecified atom stereocenters. The Morgan fingerprint density at radius 2 is 1.37 bits per heavy atom. The Morgan fingerprint density at radius 1 is 0.824 bits per heavy atom. The number of ether oxygens (including phenoxy) is 1.